The number of ether oxygens (including phenoxy) is 1. The van der Waals surface area contributed by atoms with Crippen LogP contribution < -0.4 is 10.6 Å². The number of rotatable bonds is 7. The standard InChI is InChI=1S/C17H21ClN2O5/c1-10(2)19-17(24)20-16(23)11(3)25-15(22)9-8-14(21)12-4-6-13(18)7-5-12/h4-7,10-11H,8-9H2,1-3H3,(H2,19,20,23,24). The number of esters is 1. The first-order chi connectivity index (χ1) is 11.7. The van der Waals surface area contributed by atoms with E-state index in [0.29, 0.717) is 10.6 Å². The van der Waals surface area contributed by atoms with Gasteiger partial charge in [0, 0.05) is 23.0 Å². The summed E-state index contributed by atoms with van der Waals surface area (Å²) >= 11 is 5.74. The van der Waals surface area contributed by atoms with Crippen LogP contribution in [0.4, 0.5) is 4.79 Å². The largest absolute Gasteiger partial charge is 0.453 e. The predicted molar refractivity (Wildman–Crippen MR) is 92.4 cm³/mol. The van der Waals surface area contributed by atoms with E-state index in [4.69, 9.17) is 16.3 Å². The average Bonchev–Trinajstić information content (AvgIpc) is 2.52. The number of nitrogens with one attached hydrogen (secondary N) is 2. The van der Waals surface area contributed by atoms with Crippen LogP contribution in [0.3, 0.4) is 0 Å². The van der Waals surface area contributed by atoms with Crippen molar-refractivity contribution in [1.82, 2.24) is 10.6 Å². The Labute approximate surface area is 151 Å². The Morgan fingerprint density at radius 2 is 1.64 bits per heavy atom. The molecule has 136 valence electrons. The maximum atomic E-state index is 11.9. The summed E-state index contributed by atoms with van der Waals surface area (Å²) in [6.07, 6.45) is -1.36. The van der Waals surface area contributed by atoms with Crippen molar-refractivity contribution >= 4 is 35.3 Å². The molecule has 2 N–H and O–H groups in total. The van der Waals surface area contributed by atoms with Crippen molar-refractivity contribution in [1.29, 1.82) is 0 Å². The highest BCUT2D eigenvalue weighted by Gasteiger charge is 2.20. The predicted octanol–water partition coefficient (Wildman–Crippen LogP) is 2.47. The smallest absolute Gasteiger partial charge is 0.321 e. The van der Waals surface area contributed by atoms with Gasteiger partial charge in [0.25, 0.3) is 5.91 Å². The van der Waals surface area contributed by atoms with E-state index in [2.05, 4.69) is 10.6 Å². The number of carbonyl (C=O) groups excluding carboxylic acids is 4. The van der Waals surface area contributed by atoms with Gasteiger partial charge in [0.1, 0.15) is 0 Å². The van der Waals surface area contributed by atoms with Gasteiger partial charge in [0.2, 0.25) is 0 Å². The third-order valence-corrected chi connectivity index (χ3v) is 3.31. The lowest BCUT2D eigenvalue weighted by atomic mass is 10.1. The summed E-state index contributed by atoms with van der Waals surface area (Å²) in [5.41, 5.74) is 0.438. The Balaban J connectivity index is 2.40. The lowest BCUT2D eigenvalue weighted by Crippen LogP contribution is -2.46. The van der Waals surface area contributed by atoms with Crippen LogP contribution in [0.2, 0.25) is 5.02 Å². The van der Waals surface area contributed by atoms with Gasteiger partial charge in [-0.05, 0) is 45.0 Å². The van der Waals surface area contributed by atoms with Crippen molar-refractivity contribution in [2.45, 2.75) is 45.8 Å². The number of hydrogen-bond acceptors (Lipinski definition) is 5. The van der Waals surface area contributed by atoms with Crippen molar-refractivity contribution in [3.8, 4) is 0 Å². The highest BCUT2D eigenvalue weighted by molar-refractivity contribution is 6.30. The molecule has 0 fully saturated rings. The number of urea groups is 1. The van der Waals surface area contributed by atoms with Crippen LogP contribution in [0.5, 0.6) is 0 Å². The number of amides is 3. The number of ketones is 1. The van der Waals surface area contributed by atoms with E-state index < -0.39 is 24.0 Å². The topological polar surface area (TPSA) is 102 Å². The first-order valence-electron chi connectivity index (χ1n) is 7.78. The van der Waals surface area contributed by atoms with E-state index in [9.17, 15) is 19.2 Å². The van der Waals surface area contributed by atoms with E-state index in [1.54, 1.807) is 38.1 Å². The molecule has 8 heteroatoms. The van der Waals surface area contributed by atoms with Gasteiger partial charge in [-0.15, -0.1) is 0 Å². The summed E-state index contributed by atoms with van der Waals surface area (Å²) in [7, 11) is 0. The molecule has 0 saturated carbocycles. The number of carbonyl (C=O) groups is 4. The third-order valence-electron chi connectivity index (χ3n) is 3.06. The lowest BCUT2D eigenvalue weighted by molar-refractivity contribution is -0.154. The summed E-state index contributed by atoms with van der Waals surface area (Å²) in [4.78, 5) is 46.8. The molecule has 1 rings (SSSR count). The van der Waals surface area contributed by atoms with Crippen molar-refractivity contribution in [3.05, 3.63) is 34.9 Å². The van der Waals surface area contributed by atoms with Crippen LogP contribution in [0.25, 0.3) is 0 Å². The van der Waals surface area contributed by atoms with E-state index in [1.807, 2.05) is 0 Å². The van der Waals surface area contributed by atoms with Crippen LogP contribution in [0.15, 0.2) is 24.3 Å². The highest BCUT2D eigenvalue weighted by Crippen LogP contribution is 2.12. The Morgan fingerprint density at radius 1 is 1.04 bits per heavy atom. The van der Waals surface area contributed by atoms with E-state index in [-0.39, 0.29) is 24.7 Å². The molecule has 7 nitrogen and oxygen atoms in total. The zero-order valence-electron chi connectivity index (χ0n) is 14.3. The van der Waals surface area contributed by atoms with Gasteiger partial charge in [-0.3, -0.25) is 19.7 Å². The molecule has 0 aliphatic heterocycles. The Morgan fingerprint density at radius 3 is 2.20 bits per heavy atom. The molecule has 1 aromatic carbocycles. The van der Waals surface area contributed by atoms with Crippen molar-refractivity contribution in [3.63, 3.8) is 0 Å². The summed E-state index contributed by atoms with van der Waals surface area (Å²) in [6, 6.07) is 5.51. The fourth-order valence-electron chi connectivity index (χ4n) is 1.82. The average molecular weight is 369 g/mol. The molecule has 0 spiro atoms. The lowest BCUT2D eigenvalue weighted by Gasteiger charge is -2.14. The molecule has 0 bridgehead atoms. The Kier molecular flexibility index (Phi) is 8.07. The minimum absolute atomic E-state index is 0.0529. The van der Waals surface area contributed by atoms with E-state index >= 15 is 0 Å². The Bertz CT molecular complexity index is 643. The molecule has 25 heavy (non-hydrogen) atoms. The van der Waals surface area contributed by atoms with Gasteiger partial charge in [-0.2, -0.15) is 0 Å². The molecule has 0 aliphatic rings. The van der Waals surface area contributed by atoms with Gasteiger partial charge in [-0.1, -0.05) is 11.6 Å². The minimum Gasteiger partial charge on any atom is -0.453 e. The molecule has 1 aromatic rings. The highest BCUT2D eigenvalue weighted by atomic mass is 35.5. The first-order valence-corrected chi connectivity index (χ1v) is 8.16. The number of Topliss-reactive ketones (excluding diaryl/α,β-unsaturated/α-hetero) is 1. The van der Waals surface area contributed by atoms with E-state index in [1.165, 1.54) is 6.92 Å². The zero-order valence-corrected chi connectivity index (χ0v) is 15.1. The van der Waals surface area contributed by atoms with Gasteiger partial charge in [0.15, 0.2) is 11.9 Å². The van der Waals surface area contributed by atoms with Gasteiger partial charge < -0.3 is 10.1 Å². The second kappa shape index (κ2) is 9.78. The molecule has 0 aromatic heterocycles. The second-order valence-corrected chi connectivity index (χ2v) is 6.12. The molecule has 3 amide bonds. The first kappa shape index (κ1) is 20.6. The number of hydrogen-bond donors (Lipinski definition) is 2. The zero-order chi connectivity index (χ0) is 19.0. The van der Waals surface area contributed by atoms with Crippen molar-refractivity contribution in [2.75, 3.05) is 0 Å². The quantitative estimate of drug-likeness (QED) is 0.568. The normalized spacial score (nSPS) is 11.6. The maximum absolute atomic E-state index is 11.9. The van der Waals surface area contributed by atoms with Crippen molar-refractivity contribution < 1.29 is 23.9 Å². The monoisotopic (exact) mass is 368 g/mol. The van der Waals surface area contributed by atoms with Crippen LogP contribution >= 0.6 is 11.6 Å². The van der Waals surface area contributed by atoms with Crippen LogP contribution in [-0.2, 0) is 14.3 Å². The maximum Gasteiger partial charge on any atom is 0.321 e. The Hall–Kier alpha value is -2.41. The summed E-state index contributed by atoms with van der Waals surface area (Å²) < 4.78 is 4.92. The fraction of sp³-hybridized carbons (Fsp3) is 0.412. The van der Waals surface area contributed by atoms with Crippen LogP contribution in [0, 0.1) is 0 Å². The van der Waals surface area contributed by atoms with Gasteiger partial charge in [0.05, 0.1) is 6.42 Å². The molecule has 1 unspecified atom stereocenters. The molecule has 0 saturated heterocycles. The molecule has 0 radical (unpaired) electrons. The molecule has 0 aliphatic carbocycles. The van der Waals surface area contributed by atoms with Crippen molar-refractivity contribution in [2.24, 2.45) is 0 Å². The van der Waals surface area contributed by atoms with E-state index in [0.717, 1.165) is 0 Å². The van der Waals surface area contributed by atoms with Gasteiger partial charge >= 0.3 is 12.0 Å². The second-order valence-electron chi connectivity index (χ2n) is 5.68. The molecular formula is C17H21ClN2O5. The molecule has 1 atom stereocenters. The van der Waals surface area contributed by atoms with Crippen LogP contribution in [0.1, 0.15) is 44.0 Å². The summed E-state index contributed by atoms with van der Waals surface area (Å²) in [5, 5.41) is 5.06. The summed E-state index contributed by atoms with van der Waals surface area (Å²) in [6.45, 7) is 4.83. The third kappa shape index (κ3) is 7.80. The molecule has 0 heterocycles. The minimum atomic E-state index is -1.14. The number of halogens is 1. The number of imide groups is 1. The SMILES string of the molecule is CC(C)NC(=O)NC(=O)C(C)OC(=O)CCC(=O)c1ccc(Cl)cc1. The fourth-order valence-corrected chi connectivity index (χ4v) is 1.94. The number of benzene rings is 1. The van der Waals surface area contributed by atoms with Crippen LogP contribution in [-0.4, -0.2) is 35.8 Å². The summed E-state index contributed by atoms with van der Waals surface area (Å²) in [5.74, 6) is -1.67. The van der Waals surface area contributed by atoms with Gasteiger partial charge in [-0.25, -0.2) is 4.79 Å². The molecular weight excluding hydrogens is 348 g/mol.